The predicted molar refractivity (Wildman–Crippen MR) is 105 cm³/mol. The van der Waals surface area contributed by atoms with Gasteiger partial charge in [-0.15, -0.1) is 20.4 Å². The molecule has 0 atom stereocenters. The Hall–Kier alpha value is -2.46. The Bertz CT molecular complexity index is 877. The van der Waals surface area contributed by atoms with Crippen molar-refractivity contribution in [3.05, 3.63) is 29.8 Å². The zero-order valence-corrected chi connectivity index (χ0v) is 16.3. The second kappa shape index (κ2) is 8.28. The molecule has 0 aliphatic heterocycles. The molecule has 0 unspecified atom stereocenters. The Morgan fingerprint density at radius 1 is 1.31 bits per heavy atom. The van der Waals surface area contributed by atoms with Gasteiger partial charge in [-0.05, 0) is 19.1 Å². The molecule has 0 radical (unpaired) electrons. The summed E-state index contributed by atoms with van der Waals surface area (Å²) < 4.78 is 2.01. The summed E-state index contributed by atoms with van der Waals surface area (Å²) in [5.41, 5.74) is 3.67. The quantitative estimate of drug-likeness (QED) is 0.621. The summed E-state index contributed by atoms with van der Waals surface area (Å²) in [4.78, 5) is 14.1. The normalized spacial score (nSPS) is 10.7. The third kappa shape index (κ3) is 4.20. The molecule has 26 heavy (non-hydrogen) atoms. The lowest BCUT2D eigenvalue weighted by Crippen LogP contribution is -2.14. The minimum atomic E-state index is -0.145. The fourth-order valence-corrected chi connectivity index (χ4v) is 3.59. The molecule has 3 aromatic rings. The van der Waals surface area contributed by atoms with Crippen LogP contribution in [0.3, 0.4) is 0 Å². The SMILES string of the molecule is CCn1c(SCC(=O)Nc2nncs2)nnc1-c1cccc(N(C)C)c1. The van der Waals surface area contributed by atoms with E-state index in [4.69, 9.17) is 0 Å². The van der Waals surface area contributed by atoms with Gasteiger partial charge in [-0.3, -0.25) is 10.1 Å². The van der Waals surface area contributed by atoms with Crippen molar-refractivity contribution in [1.29, 1.82) is 0 Å². The highest BCUT2D eigenvalue weighted by atomic mass is 32.2. The van der Waals surface area contributed by atoms with Crippen LogP contribution in [0.4, 0.5) is 10.8 Å². The molecule has 0 saturated heterocycles. The van der Waals surface area contributed by atoms with Crippen LogP contribution in [0.2, 0.25) is 0 Å². The van der Waals surface area contributed by atoms with Gasteiger partial charge in [-0.2, -0.15) is 0 Å². The van der Waals surface area contributed by atoms with Gasteiger partial charge in [-0.25, -0.2) is 0 Å². The van der Waals surface area contributed by atoms with Crippen molar-refractivity contribution in [2.24, 2.45) is 0 Å². The molecule has 0 saturated carbocycles. The zero-order chi connectivity index (χ0) is 18.5. The first-order valence-electron chi connectivity index (χ1n) is 7.98. The highest BCUT2D eigenvalue weighted by Crippen LogP contribution is 2.26. The van der Waals surface area contributed by atoms with E-state index in [2.05, 4.69) is 31.8 Å². The molecule has 1 N–H and O–H groups in total. The molecule has 0 aliphatic carbocycles. The summed E-state index contributed by atoms with van der Waals surface area (Å²) >= 11 is 2.64. The van der Waals surface area contributed by atoms with Gasteiger partial charge in [0.05, 0.1) is 5.75 Å². The number of carbonyl (C=O) groups excluding carboxylic acids is 1. The fraction of sp³-hybridized carbons (Fsp3) is 0.312. The molecule has 3 rings (SSSR count). The maximum absolute atomic E-state index is 12.0. The maximum atomic E-state index is 12.0. The van der Waals surface area contributed by atoms with E-state index in [0.29, 0.717) is 10.3 Å². The van der Waals surface area contributed by atoms with Gasteiger partial charge in [-0.1, -0.05) is 35.2 Å². The molecule has 0 aliphatic rings. The van der Waals surface area contributed by atoms with E-state index in [0.717, 1.165) is 23.6 Å². The van der Waals surface area contributed by atoms with Gasteiger partial charge in [0.2, 0.25) is 11.0 Å². The number of benzene rings is 1. The second-order valence-corrected chi connectivity index (χ2v) is 7.35. The van der Waals surface area contributed by atoms with Crippen LogP contribution in [0, 0.1) is 0 Å². The highest BCUT2D eigenvalue weighted by molar-refractivity contribution is 7.99. The maximum Gasteiger partial charge on any atom is 0.236 e. The lowest BCUT2D eigenvalue weighted by Gasteiger charge is -2.14. The van der Waals surface area contributed by atoms with Crippen molar-refractivity contribution in [2.45, 2.75) is 18.6 Å². The number of nitrogens with zero attached hydrogens (tertiary/aromatic N) is 6. The summed E-state index contributed by atoms with van der Waals surface area (Å²) in [6.45, 7) is 2.75. The number of rotatable bonds is 7. The van der Waals surface area contributed by atoms with Crippen LogP contribution >= 0.6 is 23.1 Å². The molecular weight excluding hydrogens is 370 g/mol. The number of anilines is 2. The fourth-order valence-electron chi connectivity index (χ4n) is 2.33. The summed E-state index contributed by atoms with van der Waals surface area (Å²) in [6, 6.07) is 8.14. The van der Waals surface area contributed by atoms with Gasteiger partial charge in [0.15, 0.2) is 11.0 Å². The summed E-state index contributed by atoms with van der Waals surface area (Å²) in [5, 5.41) is 20.0. The molecule has 0 fully saturated rings. The minimum absolute atomic E-state index is 0.145. The number of carbonyl (C=O) groups is 1. The smallest absolute Gasteiger partial charge is 0.236 e. The van der Waals surface area contributed by atoms with Crippen LogP contribution in [0.1, 0.15) is 6.92 Å². The van der Waals surface area contributed by atoms with Gasteiger partial charge in [0.1, 0.15) is 5.51 Å². The molecule has 10 heteroatoms. The number of hydrogen-bond acceptors (Lipinski definition) is 8. The van der Waals surface area contributed by atoms with Crippen molar-refractivity contribution in [2.75, 3.05) is 30.1 Å². The zero-order valence-electron chi connectivity index (χ0n) is 14.7. The van der Waals surface area contributed by atoms with E-state index in [1.54, 1.807) is 5.51 Å². The summed E-state index contributed by atoms with van der Waals surface area (Å²) in [5.74, 6) is 0.881. The number of aromatic nitrogens is 5. The Morgan fingerprint density at radius 3 is 2.85 bits per heavy atom. The van der Waals surface area contributed by atoms with Crippen LogP contribution in [-0.2, 0) is 11.3 Å². The molecular formula is C16H19N7OS2. The first kappa shape index (κ1) is 18.3. The average molecular weight is 390 g/mol. The highest BCUT2D eigenvalue weighted by Gasteiger charge is 2.15. The molecule has 1 aromatic carbocycles. The number of hydrogen-bond donors (Lipinski definition) is 1. The van der Waals surface area contributed by atoms with Crippen LogP contribution in [-0.4, -0.2) is 50.7 Å². The van der Waals surface area contributed by atoms with E-state index in [9.17, 15) is 4.79 Å². The van der Waals surface area contributed by atoms with E-state index in [1.165, 1.54) is 23.1 Å². The Morgan fingerprint density at radius 2 is 2.15 bits per heavy atom. The van der Waals surface area contributed by atoms with Crippen LogP contribution < -0.4 is 10.2 Å². The van der Waals surface area contributed by atoms with E-state index < -0.39 is 0 Å². The van der Waals surface area contributed by atoms with Gasteiger partial charge < -0.3 is 9.47 Å². The van der Waals surface area contributed by atoms with E-state index >= 15 is 0 Å². The molecule has 136 valence electrons. The third-order valence-electron chi connectivity index (χ3n) is 3.59. The number of thioether (sulfide) groups is 1. The molecule has 8 nitrogen and oxygen atoms in total. The molecule has 0 bridgehead atoms. The van der Waals surface area contributed by atoms with Crippen molar-refractivity contribution in [3.63, 3.8) is 0 Å². The largest absolute Gasteiger partial charge is 0.378 e. The lowest BCUT2D eigenvalue weighted by molar-refractivity contribution is -0.113. The number of amides is 1. The summed E-state index contributed by atoms with van der Waals surface area (Å²) in [6.07, 6.45) is 0. The standard InChI is InChI=1S/C16H19N7OS2/c1-4-23-14(11-6-5-7-12(8-11)22(2)3)19-21-16(23)25-9-13(24)18-15-20-17-10-26-15/h5-8,10H,4,9H2,1-3H3,(H,18,20,24). The molecule has 1 amide bonds. The first-order chi connectivity index (χ1) is 12.6. The first-order valence-corrected chi connectivity index (χ1v) is 9.84. The average Bonchev–Trinajstić information content (AvgIpc) is 3.29. The Labute approximate surface area is 159 Å². The Kier molecular flexibility index (Phi) is 5.84. The van der Waals surface area contributed by atoms with Crippen molar-refractivity contribution in [3.8, 4) is 11.4 Å². The van der Waals surface area contributed by atoms with Crippen molar-refractivity contribution < 1.29 is 4.79 Å². The van der Waals surface area contributed by atoms with Crippen LogP contribution in [0.15, 0.2) is 34.9 Å². The Balaban J connectivity index is 1.74. The third-order valence-corrected chi connectivity index (χ3v) is 5.17. The lowest BCUT2D eigenvalue weighted by atomic mass is 10.2. The topological polar surface area (TPSA) is 88.8 Å². The minimum Gasteiger partial charge on any atom is -0.378 e. The van der Waals surface area contributed by atoms with E-state index in [-0.39, 0.29) is 11.7 Å². The van der Waals surface area contributed by atoms with Crippen molar-refractivity contribution >= 4 is 39.8 Å². The van der Waals surface area contributed by atoms with Crippen molar-refractivity contribution in [1.82, 2.24) is 25.0 Å². The van der Waals surface area contributed by atoms with Gasteiger partial charge in [0, 0.05) is 31.9 Å². The van der Waals surface area contributed by atoms with Crippen LogP contribution in [0.25, 0.3) is 11.4 Å². The summed E-state index contributed by atoms with van der Waals surface area (Å²) in [7, 11) is 4.00. The molecule has 0 spiro atoms. The molecule has 2 aromatic heterocycles. The number of nitrogens with one attached hydrogen (secondary N) is 1. The van der Waals surface area contributed by atoms with Crippen LogP contribution in [0.5, 0.6) is 0 Å². The second-order valence-electron chi connectivity index (χ2n) is 5.58. The van der Waals surface area contributed by atoms with E-state index in [1.807, 2.05) is 48.7 Å². The van der Waals surface area contributed by atoms with Gasteiger partial charge in [0.25, 0.3) is 0 Å². The monoisotopic (exact) mass is 389 g/mol. The molecule has 2 heterocycles. The predicted octanol–water partition coefficient (Wildman–Crippen LogP) is 2.61. The van der Waals surface area contributed by atoms with Gasteiger partial charge >= 0.3 is 0 Å².